The van der Waals surface area contributed by atoms with Gasteiger partial charge in [0.15, 0.2) is 0 Å². The summed E-state index contributed by atoms with van der Waals surface area (Å²) < 4.78 is 20.8. The van der Waals surface area contributed by atoms with Crippen LogP contribution in [0.25, 0.3) is 0 Å². The van der Waals surface area contributed by atoms with E-state index in [0.29, 0.717) is 30.9 Å². The maximum absolute atomic E-state index is 15.5. The number of morpholine rings is 1. The van der Waals surface area contributed by atoms with Gasteiger partial charge >= 0.3 is 0 Å². The molecule has 2 aromatic rings. The number of aliphatic hydroxyl groups is 2. The molecule has 5 rings (SSSR count). The van der Waals surface area contributed by atoms with E-state index in [4.69, 9.17) is 4.74 Å². The number of nitrogens with zero attached hydrogens (tertiary/aromatic N) is 2. The molecule has 0 bridgehead atoms. The van der Waals surface area contributed by atoms with Crippen LogP contribution in [-0.2, 0) is 33.3 Å². The van der Waals surface area contributed by atoms with Gasteiger partial charge in [0.2, 0.25) is 11.8 Å². The summed E-state index contributed by atoms with van der Waals surface area (Å²) in [5, 5.41) is 26.2. The number of hydrogen-bond acceptors (Lipinski definition) is 8. The van der Waals surface area contributed by atoms with Crippen molar-refractivity contribution in [2.24, 2.45) is 0 Å². The van der Waals surface area contributed by atoms with Crippen LogP contribution in [-0.4, -0.2) is 109 Å². The molecule has 4 N–H and O–H groups in total. The normalized spacial score (nSPS) is 25.0. The molecule has 0 aliphatic carbocycles. The maximum atomic E-state index is 15.5. The summed E-state index contributed by atoms with van der Waals surface area (Å²) in [4.78, 5) is 42.8. The van der Waals surface area contributed by atoms with Crippen molar-refractivity contribution >= 4 is 62.6 Å². The predicted octanol–water partition coefficient (Wildman–Crippen LogP) is -4.43. The lowest BCUT2D eigenvalue weighted by atomic mass is 9.21. The fourth-order valence-electron chi connectivity index (χ4n) is 6.15. The SMILES string of the molecule is BC1(B)C(=O)NC(=O)C(B)(N2C(=O)c3cccc(NCc4cccc(CN5CCOCC5)c4F)c3C2(O)O)C1(B)B. The molecule has 41 heavy (non-hydrogen) atoms. The fraction of sp³-hybridized carbons (Fsp3) is 0.400. The van der Waals surface area contributed by atoms with Gasteiger partial charge in [0, 0.05) is 43.0 Å². The Morgan fingerprint density at radius 3 is 2.27 bits per heavy atom. The van der Waals surface area contributed by atoms with Crippen molar-refractivity contribution in [2.45, 2.75) is 34.9 Å². The molecule has 3 aliphatic rings. The van der Waals surface area contributed by atoms with Gasteiger partial charge in [-0.3, -0.25) is 29.5 Å². The molecule has 0 radical (unpaired) electrons. The molecule has 1 atom stereocenters. The highest BCUT2D eigenvalue weighted by atomic mass is 19.1. The third kappa shape index (κ3) is 4.34. The molecule has 2 fully saturated rings. The number of nitrogens with one attached hydrogen (secondary N) is 2. The molecular formula is C25H32B5FN4O6. The number of benzene rings is 2. The average molecular weight is 558 g/mol. The molecule has 3 aliphatic heterocycles. The van der Waals surface area contributed by atoms with E-state index in [1.807, 2.05) is 0 Å². The first-order valence-corrected chi connectivity index (χ1v) is 13.7. The van der Waals surface area contributed by atoms with E-state index < -0.39 is 39.5 Å². The molecule has 2 aromatic carbocycles. The molecule has 2 saturated heterocycles. The van der Waals surface area contributed by atoms with E-state index in [0.717, 1.165) is 18.0 Å². The van der Waals surface area contributed by atoms with Crippen LogP contribution >= 0.6 is 0 Å². The quantitative estimate of drug-likeness (QED) is 0.159. The number of halogens is 1. The van der Waals surface area contributed by atoms with E-state index in [-0.39, 0.29) is 29.2 Å². The van der Waals surface area contributed by atoms with Crippen LogP contribution in [0.5, 0.6) is 0 Å². The van der Waals surface area contributed by atoms with Gasteiger partial charge in [-0.25, -0.2) is 4.39 Å². The Labute approximate surface area is 242 Å². The second-order valence-corrected chi connectivity index (χ2v) is 12.2. The Morgan fingerprint density at radius 1 is 0.951 bits per heavy atom. The van der Waals surface area contributed by atoms with Crippen LogP contribution in [0.15, 0.2) is 36.4 Å². The molecule has 3 amide bonds. The Kier molecular flexibility index (Phi) is 7.21. The standard InChI is InChI=1S/C25H32B5FN4O6/c26-22(27)20(37)33-21(38)23(28,25(22,29)30)35-19(36)15-5-2-6-16(17(15)24(35,39)40)32-11-13-3-1-4-14(18(13)31)12-34-7-9-41-10-8-34/h1-6,32,39-40H,7-12,26-30H2,(H,33,37,38). The van der Waals surface area contributed by atoms with Crippen LogP contribution in [0.3, 0.4) is 0 Å². The largest absolute Gasteiger partial charge is 0.380 e. The Hall–Kier alpha value is -3.06. The topological polar surface area (TPSA) is 131 Å². The molecule has 16 heteroatoms. The maximum Gasteiger partial charge on any atom is 0.280 e. The van der Waals surface area contributed by atoms with Crippen LogP contribution < -0.4 is 10.6 Å². The average Bonchev–Trinajstić information content (AvgIpc) is 3.13. The van der Waals surface area contributed by atoms with Gasteiger partial charge in [0.1, 0.15) is 45.0 Å². The Balaban J connectivity index is 1.46. The lowest BCUT2D eigenvalue weighted by Gasteiger charge is -2.60. The first-order chi connectivity index (χ1) is 19.2. The van der Waals surface area contributed by atoms with Crippen molar-refractivity contribution in [1.82, 2.24) is 15.1 Å². The van der Waals surface area contributed by atoms with Crippen molar-refractivity contribution in [1.29, 1.82) is 0 Å². The molecule has 0 saturated carbocycles. The number of rotatable bonds is 6. The minimum atomic E-state index is -2.91. The van der Waals surface area contributed by atoms with Gasteiger partial charge in [-0.15, -0.1) is 0 Å². The number of hydrogen-bond donors (Lipinski definition) is 4. The zero-order valence-electron chi connectivity index (χ0n) is 24.0. The summed E-state index contributed by atoms with van der Waals surface area (Å²) in [5.41, 5.74) is -0.873. The zero-order chi connectivity index (χ0) is 30.0. The number of piperidine rings is 1. The zero-order valence-corrected chi connectivity index (χ0v) is 24.0. The molecule has 1 unspecified atom stereocenters. The lowest BCUT2D eigenvalue weighted by Crippen LogP contribution is -2.77. The van der Waals surface area contributed by atoms with E-state index in [1.165, 1.54) is 13.9 Å². The van der Waals surface area contributed by atoms with Gasteiger partial charge in [-0.2, -0.15) is 0 Å². The minimum absolute atomic E-state index is 0.00822. The van der Waals surface area contributed by atoms with Crippen LogP contribution in [0.1, 0.15) is 27.0 Å². The van der Waals surface area contributed by atoms with Crippen molar-refractivity contribution in [3.63, 3.8) is 0 Å². The van der Waals surface area contributed by atoms with Crippen LogP contribution in [0.2, 0.25) is 10.4 Å². The Bertz CT molecular complexity index is 1440. The summed E-state index contributed by atoms with van der Waals surface area (Å²) in [5.74, 6) is -5.38. The Morgan fingerprint density at radius 2 is 1.59 bits per heavy atom. The molecule has 0 spiro atoms. The summed E-state index contributed by atoms with van der Waals surface area (Å²) >= 11 is 0. The molecular weight excluding hydrogens is 525 g/mol. The highest BCUT2D eigenvalue weighted by molar-refractivity contribution is 6.66. The number of fused-ring (bicyclic) bond motifs is 1. The van der Waals surface area contributed by atoms with Crippen molar-refractivity contribution < 1.29 is 33.7 Å². The predicted molar refractivity (Wildman–Crippen MR) is 163 cm³/mol. The number of imide groups is 1. The second kappa shape index (κ2) is 10.0. The smallest absolute Gasteiger partial charge is 0.280 e. The molecule has 10 nitrogen and oxygen atoms in total. The number of amides is 3. The fourth-order valence-corrected chi connectivity index (χ4v) is 6.15. The van der Waals surface area contributed by atoms with E-state index in [2.05, 4.69) is 15.5 Å². The van der Waals surface area contributed by atoms with E-state index in [1.54, 1.807) is 61.7 Å². The highest BCUT2D eigenvalue weighted by Crippen LogP contribution is 2.57. The van der Waals surface area contributed by atoms with Crippen LogP contribution in [0.4, 0.5) is 10.1 Å². The molecule has 0 aromatic heterocycles. The second-order valence-electron chi connectivity index (χ2n) is 12.2. The molecule has 210 valence electrons. The van der Waals surface area contributed by atoms with Crippen LogP contribution in [0, 0.1) is 5.82 Å². The van der Waals surface area contributed by atoms with Gasteiger partial charge < -0.3 is 20.3 Å². The van der Waals surface area contributed by atoms with Gasteiger partial charge in [0.05, 0.1) is 29.8 Å². The summed E-state index contributed by atoms with van der Waals surface area (Å²) in [6.07, 6.45) is 0. The third-order valence-electron chi connectivity index (χ3n) is 9.73. The number of carbonyl (C=O) groups is 3. The van der Waals surface area contributed by atoms with Gasteiger partial charge in [-0.05, 0) is 17.3 Å². The first kappa shape index (κ1) is 29.4. The third-order valence-corrected chi connectivity index (χ3v) is 9.73. The van der Waals surface area contributed by atoms with Crippen molar-refractivity contribution in [3.05, 3.63) is 64.5 Å². The van der Waals surface area contributed by atoms with Crippen molar-refractivity contribution in [2.75, 3.05) is 31.6 Å². The van der Waals surface area contributed by atoms with E-state index >= 15 is 4.39 Å². The molecule has 3 heterocycles. The summed E-state index contributed by atoms with van der Waals surface area (Å²) in [6, 6.07) is 9.74. The minimum Gasteiger partial charge on any atom is -0.380 e. The monoisotopic (exact) mass is 558 g/mol. The first-order valence-electron chi connectivity index (χ1n) is 13.7. The highest BCUT2D eigenvalue weighted by Gasteiger charge is 2.69. The van der Waals surface area contributed by atoms with Crippen molar-refractivity contribution in [3.8, 4) is 0 Å². The number of anilines is 1. The van der Waals surface area contributed by atoms with Gasteiger partial charge in [0.25, 0.3) is 11.8 Å². The lowest BCUT2D eigenvalue weighted by molar-refractivity contribution is -0.265. The number of ether oxygens (including phenoxy) is 1. The number of carbonyl (C=O) groups excluding carboxylic acids is 3. The van der Waals surface area contributed by atoms with E-state index in [9.17, 15) is 24.6 Å². The van der Waals surface area contributed by atoms with Gasteiger partial charge in [-0.1, -0.05) is 29.5 Å². The summed E-state index contributed by atoms with van der Waals surface area (Å²) in [6.45, 7) is 3.10. The summed E-state index contributed by atoms with van der Waals surface area (Å²) in [7, 11) is 8.03.